The zero-order valence-electron chi connectivity index (χ0n) is 12.4. The summed E-state index contributed by atoms with van der Waals surface area (Å²) in [6.45, 7) is 13.0. The molecule has 0 bridgehead atoms. The number of pyridine rings is 1. The maximum absolute atomic E-state index is 7.00. The van der Waals surface area contributed by atoms with Crippen molar-refractivity contribution in [3.63, 3.8) is 0 Å². The number of hydrogen-bond acceptors (Lipinski definition) is 2. The molecule has 0 aliphatic heterocycles. The fourth-order valence-corrected chi connectivity index (χ4v) is 2.28. The van der Waals surface area contributed by atoms with Crippen molar-refractivity contribution in [3.05, 3.63) is 63.6 Å². The van der Waals surface area contributed by atoms with E-state index in [9.17, 15) is 0 Å². The predicted octanol–water partition coefficient (Wildman–Crippen LogP) is 4.97. The normalized spacial score (nSPS) is 10.5. The van der Waals surface area contributed by atoms with Gasteiger partial charge in [-0.3, -0.25) is 0 Å². The van der Waals surface area contributed by atoms with E-state index in [0.717, 1.165) is 16.7 Å². The zero-order chi connectivity index (χ0) is 15.4. The highest BCUT2D eigenvalue weighted by molar-refractivity contribution is 6.31. The van der Waals surface area contributed by atoms with E-state index >= 15 is 0 Å². The topological polar surface area (TPSA) is 26.5 Å². The first-order valence-electron chi connectivity index (χ1n) is 6.78. The lowest BCUT2D eigenvalue weighted by Crippen LogP contribution is -2.09. The highest BCUT2D eigenvalue weighted by Crippen LogP contribution is 2.27. The number of hydrogen-bond donors (Lipinski definition) is 0. The second kappa shape index (κ2) is 6.60. The summed E-state index contributed by atoms with van der Waals surface area (Å²) < 4.78 is 5.71. The lowest BCUT2D eigenvalue weighted by Gasteiger charge is -2.14. The van der Waals surface area contributed by atoms with Crippen LogP contribution in [0.3, 0.4) is 0 Å². The zero-order valence-corrected chi connectivity index (χ0v) is 13.1. The molecule has 2 aromatic rings. The Hall–Kier alpha value is -2.05. The summed E-state index contributed by atoms with van der Waals surface area (Å²) >= 11 is 6.24. The Balaban J connectivity index is 2.30. The standard InChI is InChI=1S/C17H17ClN2O/c1-11(2)21-17-12(3)13(7-8-20-17)9-14-5-6-15(19-4)10-16(14)18/h5-8,10-11H,9H2,1-3H3. The van der Waals surface area contributed by atoms with Gasteiger partial charge < -0.3 is 4.74 Å². The number of rotatable bonds is 4. The first-order chi connectivity index (χ1) is 10.0. The number of benzene rings is 1. The summed E-state index contributed by atoms with van der Waals surface area (Å²) in [5.41, 5.74) is 3.70. The average Bonchev–Trinajstić information content (AvgIpc) is 2.44. The van der Waals surface area contributed by atoms with Crippen molar-refractivity contribution in [1.82, 2.24) is 4.98 Å². The molecular weight excluding hydrogens is 284 g/mol. The lowest BCUT2D eigenvalue weighted by molar-refractivity contribution is 0.230. The molecule has 108 valence electrons. The van der Waals surface area contributed by atoms with Gasteiger partial charge in [-0.25, -0.2) is 9.83 Å². The Morgan fingerprint density at radius 2 is 2.05 bits per heavy atom. The first-order valence-corrected chi connectivity index (χ1v) is 7.16. The summed E-state index contributed by atoms with van der Waals surface area (Å²) in [5, 5.41) is 0.617. The molecule has 3 nitrogen and oxygen atoms in total. The molecule has 0 aliphatic carbocycles. The van der Waals surface area contributed by atoms with Gasteiger partial charge in [0.15, 0.2) is 5.69 Å². The third-order valence-corrected chi connectivity index (χ3v) is 3.52. The fourth-order valence-electron chi connectivity index (χ4n) is 2.04. The van der Waals surface area contributed by atoms with Crippen molar-refractivity contribution < 1.29 is 4.74 Å². The van der Waals surface area contributed by atoms with E-state index in [2.05, 4.69) is 9.83 Å². The largest absolute Gasteiger partial charge is 0.475 e. The van der Waals surface area contributed by atoms with Crippen LogP contribution in [0.5, 0.6) is 5.88 Å². The molecule has 2 rings (SSSR count). The van der Waals surface area contributed by atoms with Crippen LogP contribution in [0.4, 0.5) is 5.69 Å². The molecular formula is C17H17ClN2O. The minimum Gasteiger partial charge on any atom is -0.475 e. The fraction of sp³-hybridized carbons (Fsp3) is 0.294. The average molecular weight is 301 g/mol. The maximum Gasteiger partial charge on any atom is 0.216 e. The summed E-state index contributed by atoms with van der Waals surface area (Å²) in [7, 11) is 0. The van der Waals surface area contributed by atoms with Gasteiger partial charge in [0.1, 0.15) is 0 Å². The molecule has 0 N–H and O–H groups in total. The van der Waals surface area contributed by atoms with Crippen LogP contribution in [-0.2, 0) is 6.42 Å². The molecule has 1 aromatic heterocycles. The van der Waals surface area contributed by atoms with E-state index in [1.54, 1.807) is 18.3 Å². The first kappa shape index (κ1) is 15.3. The Morgan fingerprint density at radius 3 is 2.67 bits per heavy atom. The number of halogens is 1. The van der Waals surface area contributed by atoms with Crippen molar-refractivity contribution in [3.8, 4) is 5.88 Å². The second-order valence-corrected chi connectivity index (χ2v) is 5.54. The SMILES string of the molecule is [C-]#[N+]c1ccc(Cc2ccnc(OC(C)C)c2C)c(Cl)c1. The Labute approximate surface area is 130 Å². The highest BCUT2D eigenvalue weighted by atomic mass is 35.5. The van der Waals surface area contributed by atoms with E-state index < -0.39 is 0 Å². The van der Waals surface area contributed by atoms with Crippen molar-refractivity contribution in [2.24, 2.45) is 0 Å². The van der Waals surface area contributed by atoms with Gasteiger partial charge in [0.05, 0.1) is 12.7 Å². The molecule has 0 radical (unpaired) electrons. The number of ether oxygens (including phenoxy) is 1. The monoisotopic (exact) mass is 300 g/mol. The van der Waals surface area contributed by atoms with Gasteiger partial charge in [-0.1, -0.05) is 23.7 Å². The molecule has 0 saturated carbocycles. The number of nitrogens with zero attached hydrogens (tertiary/aromatic N) is 2. The molecule has 0 amide bonds. The van der Waals surface area contributed by atoms with Crippen molar-refractivity contribution >= 4 is 17.3 Å². The summed E-state index contributed by atoms with van der Waals surface area (Å²) in [6, 6.07) is 7.36. The minimum absolute atomic E-state index is 0.0907. The molecule has 0 fully saturated rings. The van der Waals surface area contributed by atoms with E-state index in [1.165, 1.54) is 0 Å². The maximum atomic E-state index is 7.00. The molecule has 0 atom stereocenters. The van der Waals surface area contributed by atoms with Gasteiger partial charge in [-0.15, -0.1) is 0 Å². The van der Waals surface area contributed by atoms with Crippen molar-refractivity contribution in [2.45, 2.75) is 33.3 Å². The van der Waals surface area contributed by atoms with Crippen molar-refractivity contribution in [1.29, 1.82) is 0 Å². The van der Waals surface area contributed by atoms with E-state index in [1.807, 2.05) is 32.9 Å². The van der Waals surface area contributed by atoms with Crippen LogP contribution in [0.25, 0.3) is 4.85 Å². The van der Waals surface area contributed by atoms with Crippen LogP contribution in [-0.4, -0.2) is 11.1 Å². The van der Waals surface area contributed by atoms with Crippen LogP contribution in [0, 0.1) is 13.5 Å². The molecule has 0 aliphatic rings. The van der Waals surface area contributed by atoms with Gasteiger partial charge in [0, 0.05) is 16.8 Å². The van der Waals surface area contributed by atoms with Crippen LogP contribution < -0.4 is 4.74 Å². The summed E-state index contributed by atoms with van der Waals surface area (Å²) in [6.07, 6.45) is 2.54. The Bertz CT molecular complexity index is 690. The summed E-state index contributed by atoms with van der Waals surface area (Å²) in [5.74, 6) is 0.663. The van der Waals surface area contributed by atoms with Crippen LogP contribution in [0.2, 0.25) is 5.02 Å². The molecule has 0 unspecified atom stereocenters. The van der Waals surface area contributed by atoms with Gasteiger partial charge in [-0.05, 0) is 50.5 Å². The van der Waals surface area contributed by atoms with Gasteiger partial charge in [0.25, 0.3) is 0 Å². The van der Waals surface area contributed by atoms with E-state index in [4.69, 9.17) is 22.9 Å². The Kier molecular flexibility index (Phi) is 4.82. The number of aromatic nitrogens is 1. The van der Waals surface area contributed by atoms with Crippen LogP contribution >= 0.6 is 11.6 Å². The third kappa shape index (κ3) is 3.74. The predicted molar refractivity (Wildman–Crippen MR) is 85.3 cm³/mol. The molecule has 4 heteroatoms. The highest BCUT2D eigenvalue weighted by Gasteiger charge is 2.10. The molecule has 21 heavy (non-hydrogen) atoms. The molecule has 1 heterocycles. The van der Waals surface area contributed by atoms with Crippen LogP contribution in [0.15, 0.2) is 30.5 Å². The Morgan fingerprint density at radius 1 is 1.29 bits per heavy atom. The van der Waals surface area contributed by atoms with Crippen LogP contribution in [0.1, 0.15) is 30.5 Å². The summed E-state index contributed by atoms with van der Waals surface area (Å²) in [4.78, 5) is 7.65. The quantitative estimate of drug-likeness (QED) is 0.745. The second-order valence-electron chi connectivity index (χ2n) is 5.13. The van der Waals surface area contributed by atoms with Crippen molar-refractivity contribution in [2.75, 3.05) is 0 Å². The molecule has 0 saturated heterocycles. The molecule has 1 aromatic carbocycles. The van der Waals surface area contributed by atoms with E-state index in [-0.39, 0.29) is 6.10 Å². The third-order valence-electron chi connectivity index (χ3n) is 3.16. The molecule has 0 spiro atoms. The van der Waals surface area contributed by atoms with Gasteiger partial charge in [0.2, 0.25) is 5.88 Å². The van der Waals surface area contributed by atoms with E-state index in [0.29, 0.717) is 23.0 Å². The van der Waals surface area contributed by atoms with Gasteiger partial charge >= 0.3 is 0 Å². The van der Waals surface area contributed by atoms with Gasteiger partial charge in [-0.2, -0.15) is 0 Å². The smallest absolute Gasteiger partial charge is 0.216 e. The minimum atomic E-state index is 0.0907. The lowest BCUT2D eigenvalue weighted by atomic mass is 10.0.